The number of nitrogens with two attached hydrogens (primary N) is 1. The second-order valence-electron chi connectivity index (χ2n) is 5.13. The van der Waals surface area contributed by atoms with Gasteiger partial charge in [0.1, 0.15) is 12.6 Å². The molecule has 3 amide bonds. The molecule has 0 unspecified atom stereocenters. The Morgan fingerprint density at radius 2 is 1.87 bits per heavy atom. The maximum absolute atomic E-state index is 12.0. The van der Waals surface area contributed by atoms with Gasteiger partial charge in [-0.15, -0.1) is 0 Å². The van der Waals surface area contributed by atoms with Crippen LogP contribution >= 0.6 is 0 Å². The maximum Gasteiger partial charge on any atom is 0.408 e. The zero-order chi connectivity index (χ0) is 17.2. The average molecular weight is 322 g/mol. The van der Waals surface area contributed by atoms with Crippen LogP contribution in [0.4, 0.5) is 4.79 Å². The lowest BCUT2D eigenvalue weighted by atomic mass is 10.1. The number of primary amides is 1. The maximum atomic E-state index is 12.0. The first-order chi connectivity index (χ1) is 10.9. The van der Waals surface area contributed by atoms with Crippen molar-refractivity contribution in [1.82, 2.24) is 15.8 Å². The summed E-state index contributed by atoms with van der Waals surface area (Å²) in [6, 6.07) is 8.24. The van der Waals surface area contributed by atoms with Crippen molar-refractivity contribution in [2.45, 2.75) is 25.5 Å². The molecule has 126 valence electrons. The van der Waals surface area contributed by atoms with Gasteiger partial charge in [0.15, 0.2) is 0 Å². The molecule has 0 fully saturated rings. The predicted octanol–water partition coefficient (Wildman–Crippen LogP) is 0.140. The molecule has 1 aromatic rings. The summed E-state index contributed by atoms with van der Waals surface area (Å²) in [6.45, 7) is 0.0878. The predicted molar refractivity (Wildman–Crippen MR) is 83.8 cm³/mol. The molecule has 0 aliphatic carbocycles. The molecule has 1 aromatic carbocycles. The van der Waals surface area contributed by atoms with E-state index in [1.807, 2.05) is 30.3 Å². The van der Waals surface area contributed by atoms with E-state index in [0.717, 1.165) is 5.56 Å². The van der Waals surface area contributed by atoms with Crippen LogP contribution in [0.25, 0.3) is 0 Å². The molecule has 8 nitrogen and oxygen atoms in total. The topological polar surface area (TPSA) is 114 Å². The van der Waals surface area contributed by atoms with Crippen LogP contribution in [0.15, 0.2) is 30.3 Å². The van der Waals surface area contributed by atoms with Gasteiger partial charge in [-0.3, -0.25) is 15.0 Å². The number of carbonyl (C=O) groups excluding carboxylic acids is 3. The minimum absolute atomic E-state index is 0.0233. The molecule has 8 heteroatoms. The molecule has 0 aliphatic heterocycles. The van der Waals surface area contributed by atoms with E-state index in [1.54, 1.807) is 14.1 Å². The van der Waals surface area contributed by atoms with E-state index < -0.39 is 23.9 Å². The first kappa shape index (κ1) is 18.4. The Morgan fingerprint density at radius 1 is 1.22 bits per heavy atom. The van der Waals surface area contributed by atoms with Crippen molar-refractivity contribution in [2.24, 2.45) is 5.73 Å². The SMILES string of the molecule is CN(C)NC(=O)[C@H](CCC(N)=O)NC(=O)OCc1ccccc1. The number of hydrogen-bond acceptors (Lipinski definition) is 5. The highest BCUT2D eigenvalue weighted by Gasteiger charge is 2.22. The number of hydrazine groups is 1. The number of rotatable bonds is 8. The van der Waals surface area contributed by atoms with Crippen molar-refractivity contribution >= 4 is 17.9 Å². The standard InChI is InChI=1S/C15H22N4O4/c1-19(2)18-14(21)12(8-9-13(16)20)17-15(22)23-10-11-6-4-3-5-7-11/h3-7,12H,8-10H2,1-2H3,(H2,16,20)(H,17,22)(H,18,21)/t12-/m0/s1. The van der Waals surface area contributed by atoms with Gasteiger partial charge in [-0.2, -0.15) is 0 Å². The Morgan fingerprint density at radius 3 is 2.43 bits per heavy atom. The quantitative estimate of drug-likeness (QED) is 0.589. The minimum atomic E-state index is -0.909. The molecule has 23 heavy (non-hydrogen) atoms. The van der Waals surface area contributed by atoms with Gasteiger partial charge in [-0.05, 0) is 12.0 Å². The zero-order valence-electron chi connectivity index (χ0n) is 13.2. The van der Waals surface area contributed by atoms with Crippen molar-refractivity contribution < 1.29 is 19.1 Å². The highest BCUT2D eigenvalue weighted by atomic mass is 16.5. The van der Waals surface area contributed by atoms with E-state index in [4.69, 9.17) is 10.5 Å². The molecule has 0 saturated carbocycles. The first-order valence-corrected chi connectivity index (χ1v) is 7.12. The van der Waals surface area contributed by atoms with Gasteiger partial charge in [0, 0.05) is 20.5 Å². The summed E-state index contributed by atoms with van der Waals surface area (Å²) in [5, 5.41) is 3.88. The Bertz CT molecular complexity index is 534. The third kappa shape index (κ3) is 7.82. The highest BCUT2D eigenvalue weighted by Crippen LogP contribution is 2.02. The fourth-order valence-electron chi connectivity index (χ4n) is 1.76. The summed E-state index contributed by atoms with van der Waals surface area (Å²) < 4.78 is 5.06. The Kier molecular flexibility index (Phi) is 7.55. The number of nitrogens with zero attached hydrogens (tertiary/aromatic N) is 1. The molecule has 0 spiro atoms. The first-order valence-electron chi connectivity index (χ1n) is 7.12. The summed E-state index contributed by atoms with van der Waals surface area (Å²) in [5.74, 6) is -1.000. The summed E-state index contributed by atoms with van der Waals surface area (Å²) >= 11 is 0. The lowest BCUT2D eigenvalue weighted by molar-refractivity contribution is -0.127. The van der Waals surface area contributed by atoms with Crippen molar-refractivity contribution in [3.63, 3.8) is 0 Å². The number of nitrogens with one attached hydrogen (secondary N) is 2. The molecular weight excluding hydrogens is 300 g/mol. The smallest absolute Gasteiger partial charge is 0.408 e. The van der Waals surface area contributed by atoms with Gasteiger partial charge in [-0.1, -0.05) is 30.3 Å². The molecule has 0 aromatic heterocycles. The number of hydrogen-bond donors (Lipinski definition) is 3. The summed E-state index contributed by atoms with van der Waals surface area (Å²) in [7, 11) is 3.27. The average Bonchev–Trinajstić information content (AvgIpc) is 2.49. The number of benzene rings is 1. The Balaban J connectivity index is 2.54. The van der Waals surface area contributed by atoms with Crippen LogP contribution in [0.1, 0.15) is 18.4 Å². The zero-order valence-corrected chi connectivity index (χ0v) is 13.2. The molecule has 4 N–H and O–H groups in total. The normalized spacial score (nSPS) is 11.6. The van der Waals surface area contributed by atoms with Gasteiger partial charge in [0.2, 0.25) is 5.91 Å². The van der Waals surface area contributed by atoms with Crippen LogP contribution in [-0.2, 0) is 20.9 Å². The molecule has 0 heterocycles. The molecule has 1 rings (SSSR count). The number of ether oxygens (including phenoxy) is 1. The Labute approximate surface area is 134 Å². The van der Waals surface area contributed by atoms with Gasteiger partial charge in [0.05, 0.1) is 0 Å². The van der Waals surface area contributed by atoms with E-state index in [9.17, 15) is 14.4 Å². The molecular formula is C15H22N4O4. The fraction of sp³-hybridized carbons (Fsp3) is 0.400. The van der Waals surface area contributed by atoms with Crippen molar-refractivity contribution in [1.29, 1.82) is 0 Å². The van der Waals surface area contributed by atoms with E-state index in [1.165, 1.54) is 5.01 Å². The van der Waals surface area contributed by atoms with E-state index in [-0.39, 0.29) is 19.4 Å². The van der Waals surface area contributed by atoms with Crippen molar-refractivity contribution in [3.8, 4) is 0 Å². The fourth-order valence-corrected chi connectivity index (χ4v) is 1.76. The van der Waals surface area contributed by atoms with Crippen molar-refractivity contribution in [2.75, 3.05) is 14.1 Å². The van der Waals surface area contributed by atoms with Gasteiger partial charge >= 0.3 is 6.09 Å². The highest BCUT2D eigenvalue weighted by molar-refractivity contribution is 5.86. The number of carbonyl (C=O) groups is 3. The minimum Gasteiger partial charge on any atom is -0.445 e. The summed E-state index contributed by atoms with van der Waals surface area (Å²) in [5.41, 5.74) is 8.43. The van der Waals surface area contributed by atoms with E-state index in [2.05, 4.69) is 10.7 Å². The molecule has 0 radical (unpaired) electrons. The monoisotopic (exact) mass is 322 g/mol. The van der Waals surface area contributed by atoms with Crippen LogP contribution in [0.3, 0.4) is 0 Å². The Hall–Kier alpha value is -2.61. The summed E-state index contributed by atoms with van der Waals surface area (Å²) in [4.78, 5) is 34.7. The number of alkyl carbamates (subject to hydrolysis) is 1. The van der Waals surface area contributed by atoms with Crippen molar-refractivity contribution in [3.05, 3.63) is 35.9 Å². The lowest BCUT2D eigenvalue weighted by Crippen LogP contribution is -2.50. The third-order valence-electron chi connectivity index (χ3n) is 2.83. The largest absolute Gasteiger partial charge is 0.445 e. The molecule has 1 atom stereocenters. The lowest BCUT2D eigenvalue weighted by Gasteiger charge is -2.20. The number of amides is 3. The molecule has 0 saturated heterocycles. The van der Waals surface area contributed by atoms with Crippen LogP contribution in [0.2, 0.25) is 0 Å². The van der Waals surface area contributed by atoms with Crippen LogP contribution in [0, 0.1) is 0 Å². The third-order valence-corrected chi connectivity index (χ3v) is 2.83. The van der Waals surface area contributed by atoms with Gasteiger partial charge < -0.3 is 15.8 Å². The molecule has 0 bridgehead atoms. The van der Waals surface area contributed by atoms with E-state index in [0.29, 0.717) is 0 Å². The van der Waals surface area contributed by atoms with Crippen LogP contribution in [-0.4, -0.2) is 43.1 Å². The summed E-state index contributed by atoms with van der Waals surface area (Å²) in [6.07, 6.45) is -0.669. The molecule has 0 aliphatic rings. The second-order valence-corrected chi connectivity index (χ2v) is 5.13. The van der Waals surface area contributed by atoms with Gasteiger partial charge in [-0.25, -0.2) is 9.80 Å². The van der Waals surface area contributed by atoms with Crippen LogP contribution in [0.5, 0.6) is 0 Å². The second kappa shape index (κ2) is 9.42. The van der Waals surface area contributed by atoms with Gasteiger partial charge in [0.25, 0.3) is 5.91 Å². The van der Waals surface area contributed by atoms with Crippen LogP contribution < -0.4 is 16.5 Å². The van der Waals surface area contributed by atoms with E-state index >= 15 is 0 Å².